The summed E-state index contributed by atoms with van der Waals surface area (Å²) < 4.78 is 0. The summed E-state index contributed by atoms with van der Waals surface area (Å²) in [7, 11) is 1.62. The normalized spacial score (nSPS) is 10.9. The molecule has 0 saturated carbocycles. The Balaban J connectivity index is 0.000000982. The van der Waals surface area contributed by atoms with Crippen molar-refractivity contribution in [3.8, 4) is 0 Å². The number of hydrogen-bond donors (Lipinski definition) is 3. The van der Waals surface area contributed by atoms with Crippen molar-refractivity contribution in [2.24, 2.45) is 0 Å². The lowest BCUT2D eigenvalue weighted by atomic mass is 10.2. The van der Waals surface area contributed by atoms with Crippen LogP contribution in [0.2, 0.25) is 5.02 Å². The Morgan fingerprint density at radius 1 is 1.47 bits per heavy atom. The zero-order chi connectivity index (χ0) is 14.7. The highest BCUT2D eigenvalue weighted by Crippen LogP contribution is 2.14. The van der Waals surface area contributed by atoms with Gasteiger partial charge in [-0.15, -0.1) is 0 Å². The molecule has 0 aliphatic heterocycles. The van der Waals surface area contributed by atoms with E-state index in [-0.39, 0.29) is 12.5 Å². The van der Waals surface area contributed by atoms with Crippen LogP contribution in [-0.4, -0.2) is 37.0 Å². The molecule has 1 unspecified atom stereocenters. The molecule has 1 aromatic rings. The van der Waals surface area contributed by atoms with Gasteiger partial charge in [0.1, 0.15) is 12.3 Å². The molecule has 0 aliphatic carbocycles. The molecule has 19 heavy (non-hydrogen) atoms. The standard InChI is InChI=1S/C11H15ClN2O2.C2H4O/c1-13-10(7-15)11(16)14-6-8-4-2-3-5-9(8)12;1-2-3/h2-5,10,13,15H,6-7H2,1H3,(H,14,16);2H,1H3. The number of carbonyl (C=O) groups is 2. The number of nitrogens with one attached hydrogen (secondary N) is 2. The van der Waals surface area contributed by atoms with Gasteiger partial charge in [0, 0.05) is 11.6 Å². The van der Waals surface area contributed by atoms with Gasteiger partial charge in [0.25, 0.3) is 0 Å². The van der Waals surface area contributed by atoms with Gasteiger partial charge in [-0.05, 0) is 25.6 Å². The van der Waals surface area contributed by atoms with E-state index in [2.05, 4.69) is 10.6 Å². The number of carbonyl (C=O) groups excluding carboxylic acids is 2. The second-order valence-corrected chi connectivity index (χ2v) is 3.98. The zero-order valence-corrected chi connectivity index (χ0v) is 11.8. The van der Waals surface area contributed by atoms with Gasteiger partial charge in [-0.1, -0.05) is 29.8 Å². The van der Waals surface area contributed by atoms with E-state index in [0.717, 1.165) is 11.8 Å². The second-order valence-electron chi connectivity index (χ2n) is 3.57. The molecular weight excluding hydrogens is 268 g/mol. The summed E-state index contributed by atoms with van der Waals surface area (Å²) in [6.45, 7) is 1.57. The van der Waals surface area contributed by atoms with Crippen LogP contribution in [0, 0.1) is 0 Å². The fourth-order valence-electron chi connectivity index (χ4n) is 1.25. The quantitative estimate of drug-likeness (QED) is 0.698. The lowest BCUT2D eigenvalue weighted by Gasteiger charge is -2.13. The maximum absolute atomic E-state index is 11.5. The van der Waals surface area contributed by atoms with E-state index < -0.39 is 6.04 Å². The van der Waals surface area contributed by atoms with Crippen molar-refractivity contribution in [3.05, 3.63) is 34.9 Å². The third-order valence-corrected chi connectivity index (χ3v) is 2.63. The van der Waals surface area contributed by atoms with E-state index in [0.29, 0.717) is 11.6 Å². The molecule has 0 fully saturated rings. The second kappa shape index (κ2) is 10.5. The number of amides is 1. The molecule has 0 spiro atoms. The third-order valence-electron chi connectivity index (χ3n) is 2.26. The Bertz CT molecular complexity index is 395. The van der Waals surface area contributed by atoms with Gasteiger partial charge in [-0.2, -0.15) is 0 Å². The fourth-order valence-corrected chi connectivity index (χ4v) is 1.46. The predicted molar refractivity (Wildman–Crippen MR) is 75.0 cm³/mol. The van der Waals surface area contributed by atoms with Gasteiger partial charge >= 0.3 is 0 Å². The Morgan fingerprint density at radius 3 is 2.53 bits per heavy atom. The van der Waals surface area contributed by atoms with Crippen molar-refractivity contribution < 1.29 is 14.7 Å². The van der Waals surface area contributed by atoms with E-state index >= 15 is 0 Å². The fraction of sp³-hybridized carbons (Fsp3) is 0.385. The van der Waals surface area contributed by atoms with Crippen molar-refractivity contribution >= 4 is 23.8 Å². The number of halogens is 1. The van der Waals surface area contributed by atoms with E-state index in [1.807, 2.05) is 18.2 Å². The van der Waals surface area contributed by atoms with Crippen molar-refractivity contribution in [2.75, 3.05) is 13.7 Å². The number of likely N-dealkylation sites (N-methyl/N-ethyl adjacent to an activating group) is 1. The molecule has 0 saturated heterocycles. The Hall–Kier alpha value is -1.43. The Kier molecular flexibility index (Phi) is 9.70. The van der Waals surface area contributed by atoms with Crippen LogP contribution >= 0.6 is 11.6 Å². The minimum Gasteiger partial charge on any atom is -0.394 e. The largest absolute Gasteiger partial charge is 0.394 e. The van der Waals surface area contributed by atoms with Gasteiger partial charge in [-0.3, -0.25) is 4.79 Å². The first-order valence-corrected chi connectivity index (χ1v) is 6.17. The number of benzene rings is 1. The number of aldehydes is 1. The molecule has 3 N–H and O–H groups in total. The van der Waals surface area contributed by atoms with E-state index in [4.69, 9.17) is 21.5 Å². The molecule has 1 rings (SSSR count). The SMILES string of the molecule is CC=O.CNC(CO)C(=O)NCc1ccccc1Cl. The lowest BCUT2D eigenvalue weighted by molar-refractivity contribution is -0.124. The number of rotatable bonds is 5. The lowest BCUT2D eigenvalue weighted by Crippen LogP contribution is -2.44. The van der Waals surface area contributed by atoms with Crippen molar-refractivity contribution in [1.82, 2.24) is 10.6 Å². The maximum Gasteiger partial charge on any atom is 0.239 e. The van der Waals surface area contributed by atoms with Gasteiger partial charge in [0.05, 0.1) is 6.61 Å². The number of aliphatic hydroxyl groups excluding tert-OH is 1. The van der Waals surface area contributed by atoms with Crippen LogP contribution in [-0.2, 0) is 16.1 Å². The first kappa shape index (κ1) is 17.6. The van der Waals surface area contributed by atoms with Crippen LogP contribution in [0.3, 0.4) is 0 Å². The van der Waals surface area contributed by atoms with Crippen LogP contribution in [0.15, 0.2) is 24.3 Å². The molecule has 1 amide bonds. The molecule has 5 nitrogen and oxygen atoms in total. The van der Waals surface area contributed by atoms with Crippen LogP contribution in [0.5, 0.6) is 0 Å². The topological polar surface area (TPSA) is 78.4 Å². The average Bonchev–Trinajstić information content (AvgIpc) is 2.40. The van der Waals surface area contributed by atoms with E-state index in [1.165, 1.54) is 6.92 Å². The maximum atomic E-state index is 11.5. The first-order valence-electron chi connectivity index (χ1n) is 5.79. The molecule has 0 aromatic heterocycles. The molecule has 0 radical (unpaired) electrons. The van der Waals surface area contributed by atoms with Crippen LogP contribution in [0.25, 0.3) is 0 Å². The van der Waals surface area contributed by atoms with Gasteiger partial charge in [0.15, 0.2) is 0 Å². The highest BCUT2D eigenvalue weighted by molar-refractivity contribution is 6.31. The van der Waals surface area contributed by atoms with Crippen LogP contribution in [0.1, 0.15) is 12.5 Å². The average molecular weight is 287 g/mol. The molecule has 6 heteroatoms. The summed E-state index contributed by atoms with van der Waals surface area (Å²) in [4.78, 5) is 20.3. The minimum atomic E-state index is -0.581. The van der Waals surface area contributed by atoms with Crippen LogP contribution < -0.4 is 10.6 Å². The summed E-state index contributed by atoms with van der Waals surface area (Å²) >= 11 is 5.94. The first-order chi connectivity index (χ1) is 9.10. The number of aliphatic hydroxyl groups is 1. The van der Waals surface area contributed by atoms with Crippen LogP contribution in [0.4, 0.5) is 0 Å². The van der Waals surface area contributed by atoms with Crippen molar-refractivity contribution in [3.63, 3.8) is 0 Å². The van der Waals surface area contributed by atoms with Crippen molar-refractivity contribution in [1.29, 1.82) is 0 Å². The van der Waals surface area contributed by atoms with Gasteiger partial charge in [-0.25, -0.2) is 0 Å². The molecule has 1 aromatic carbocycles. The predicted octanol–water partition coefficient (Wildman–Crippen LogP) is 0.742. The highest BCUT2D eigenvalue weighted by Gasteiger charge is 2.14. The number of hydrogen-bond acceptors (Lipinski definition) is 4. The zero-order valence-electron chi connectivity index (χ0n) is 11.0. The third kappa shape index (κ3) is 6.91. The highest BCUT2D eigenvalue weighted by atomic mass is 35.5. The summed E-state index contributed by atoms with van der Waals surface area (Å²) in [5, 5.41) is 14.9. The van der Waals surface area contributed by atoms with Gasteiger partial charge < -0.3 is 20.5 Å². The smallest absolute Gasteiger partial charge is 0.239 e. The van der Waals surface area contributed by atoms with E-state index in [9.17, 15) is 4.79 Å². The van der Waals surface area contributed by atoms with Gasteiger partial charge in [0.2, 0.25) is 5.91 Å². The van der Waals surface area contributed by atoms with Crippen molar-refractivity contribution in [2.45, 2.75) is 19.5 Å². The molecule has 1 atom stereocenters. The monoisotopic (exact) mass is 286 g/mol. The summed E-state index contributed by atoms with van der Waals surface area (Å²) in [6.07, 6.45) is 0.750. The molecule has 106 valence electrons. The molecule has 0 aliphatic rings. The molecule has 0 heterocycles. The summed E-state index contributed by atoms with van der Waals surface area (Å²) in [6, 6.07) is 6.72. The summed E-state index contributed by atoms with van der Waals surface area (Å²) in [5.74, 6) is -0.245. The summed E-state index contributed by atoms with van der Waals surface area (Å²) in [5.41, 5.74) is 0.852. The molecular formula is C13H19ClN2O3. The molecule has 0 bridgehead atoms. The van der Waals surface area contributed by atoms with E-state index in [1.54, 1.807) is 13.1 Å². The Labute approximate surface area is 118 Å². The Morgan fingerprint density at radius 2 is 2.05 bits per heavy atom. The minimum absolute atomic E-state index is 0.231.